The molecule has 7 heteroatoms. The number of amidine groups is 1. The van der Waals surface area contributed by atoms with Crippen molar-refractivity contribution in [3.8, 4) is 0 Å². The summed E-state index contributed by atoms with van der Waals surface area (Å²) in [5, 5.41) is 3.31. The number of benzene rings is 1. The first kappa shape index (κ1) is 20.4. The molecule has 1 N–H and O–H groups in total. The van der Waals surface area contributed by atoms with Crippen molar-refractivity contribution >= 4 is 50.4 Å². The number of nitrogens with zero attached hydrogens (tertiary/aromatic N) is 2. The van der Waals surface area contributed by atoms with Crippen LogP contribution in [-0.4, -0.2) is 39.7 Å². The molecule has 1 saturated carbocycles. The minimum absolute atomic E-state index is 0.0463. The summed E-state index contributed by atoms with van der Waals surface area (Å²) < 4.78 is 0.960. The van der Waals surface area contributed by atoms with Gasteiger partial charge < -0.3 is 5.32 Å². The normalized spacial score (nSPS) is 22.9. The molecule has 0 aromatic heterocycles. The number of aliphatic imine (C=N–C) groups is 1. The van der Waals surface area contributed by atoms with Gasteiger partial charge in [-0.25, -0.2) is 0 Å². The fourth-order valence-corrected chi connectivity index (χ4v) is 5.15. The van der Waals surface area contributed by atoms with Gasteiger partial charge in [-0.05, 0) is 44.0 Å². The predicted octanol–water partition coefficient (Wildman–Crippen LogP) is 4.82. The van der Waals surface area contributed by atoms with Crippen LogP contribution in [0.25, 0.3) is 0 Å². The van der Waals surface area contributed by atoms with Gasteiger partial charge in [0.15, 0.2) is 5.17 Å². The van der Waals surface area contributed by atoms with E-state index in [0.29, 0.717) is 6.54 Å². The van der Waals surface area contributed by atoms with Gasteiger partial charge >= 0.3 is 0 Å². The minimum Gasteiger partial charge on any atom is -0.326 e. The quantitative estimate of drug-likeness (QED) is 0.652. The standard InChI is InChI=1S/C20H26BrN3O2S/c1-2-22-20-24(16-7-5-3-4-6-8-16)19(26)17(27-20)13-18(25)23-15-11-9-14(21)10-12-15/h9-12,16-17H,2-8,13H2,1H3,(H,23,25)/t17-/m1/s1. The Morgan fingerprint density at radius 2 is 1.89 bits per heavy atom. The molecule has 0 bridgehead atoms. The van der Waals surface area contributed by atoms with Crippen molar-refractivity contribution in [2.45, 2.75) is 63.2 Å². The number of rotatable bonds is 5. The molecule has 27 heavy (non-hydrogen) atoms. The van der Waals surface area contributed by atoms with E-state index < -0.39 is 0 Å². The summed E-state index contributed by atoms with van der Waals surface area (Å²) >= 11 is 4.83. The Labute approximate surface area is 173 Å². The average Bonchev–Trinajstić information content (AvgIpc) is 2.82. The van der Waals surface area contributed by atoms with Crippen LogP contribution in [0.4, 0.5) is 5.69 Å². The lowest BCUT2D eigenvalue weighted by Crippen LogP contribution is -2.41. The number of hydrogen-bond acceptors (Lipinski definition) is 4. The van der Waals surface area contributed by atoms with Crippen LogP contribution < -0.4 is 5.32 Å². The highest BCUT2D eigenvalue weighted by Crippen LogP contribution is 2.35. The highest BCUT2D eigenvalue weighted by atomic mass is 79.9. The van der Waals surface area contributed by atoms with Crippen LogP contribution in [0.1, 0.15) is 51.9 Å². The van der Waals surface area contributed by atoms with E-state index in [9.17, 15) is 9.59 Å². The minimum atomic E-state index is -0.381. The maximum absolute atomic E-state index is 13.1. The summed E-state index contributed by atoms with van der Waals surface area (Å²) in [5.41, 5.74) is 0.738. The number of carbonyl (C=O) groups is 2. The Bertz CT molecular complexity index is 700. The Morgan fingerprint density at radius 3 is 2.52 bits per heavy atom. The zero-order valence-corrected chi connectivity index (χ0v) is 18.0. The second kappa shape index (κ2) is 9.73. The fourth-order valence-electron chi connectivity index (χ4n) is 3.63. The van der Waals surface area contributed by atoms with Crippen LogP contribution in [0, 0.1) is 0 Å². The van der Waals surface area contributed by atoms with Gasteiger partial charge in [0.25, 0.3) is 0 Å². The molecule has 2 aliphatic rings. The Hall–Kier alpha value is -1.34. The van der Waals surface area contributed by atoms with Crippen LogP contribution in [0.15, 0.2) is 33.7 Å². The number of nitrogens with one attached hydrogen (secondary N) is 1. The predicted molar refractivity (Wildman–Crippen MR) is 115 cm³/mol. The number of amides is 2. The topological polar surface area (TPSA) is 61.8 Å². The molecule has 1 atom stereocenters. The maximum Gasteiger partial charge on any atom is 0.242 e. The SMILES string of the molecule is CCN=C1S[C@H](CC(=O)Nc2ccc(Br)cc2)C(=O)N1C1CCCCCC1. The van der Waals surface area contributed by atoms with Crippen molar-refractivity contribution in [2.75, 3.05) is 11.9 Å². The summed E-state index contributed by atoms with van der Waals surface area (Å²) in [6, 6.07) is 7.67. The number of hydrogen-bond donors (Lipinski definition) is 1. The van der Waals surface area contributed by atoms with E-state index in [1.54, 1.807) is 0 Å². The van der Waals surface area contributed by atoms with Gasteiger partial charge in [-0.2, -0.15) is 0 Å². The Morgan fingerprint density at radius 1 is 1.22 bits per heavy atom. The van der Waals surface area contributed by atoms with Gasteiger partial charge in [0, 0.05) is 29.2 Å². The van der Waals surface area contributed by atoms with E-state index in [4.69, 9.17) is 0 Å². The van der Waals surface area contributed by atoms with Crippen LogP contribution in [0.2, 0.25) is 0 Å². The first-order valence-corrected chi connectivity index (χ1v) is 11.4. The fraction of sp³-hybridized carbons (Fsp3) is 0.550. The molecule has 1 aliphatic carbocycles. The summed E-state index contributed by atoms with van der Waals surface area (Å²) in [7, 11) is 0. The van der Waals surface area contributed by atoms with Crippen molar-refractivity contribution < 1.29 is 9.59 Å². The first-order chi connectivity index (χ1) is 13.1. The van der Waals surface area contributed by atoms with Crippen LogP contribution in [0.3, 0.4) is 0 Å². The summed E-state index contributed by atoms with van der Waals surface area (Å²) in [6.07, 6.45) is 7.04. The molecule has 2 fully saturated rings. The van der Waals surface area contributed by atoms with Crippen molar-refractivity contribution in [3.05, 3.63) is 28.7 Å². The molecular formula is C20H26BrN3O2S. The molecule has 1 aromatic carbocycles. The molecule has 3 rings (SSSR count). The van der Waals surface area contributed by atoms with E-state index in [2.05, 4.69) is 26.2 Å². The lowest BCUT2D eigenvalue weighted by atomic mass is 10.1. The highest BCUT2D eigenvalue weighted by Gasteiger charge is 2.42. The van der Waals surface area contributed by atoms with Crippen molar-refractivity contribution in [3.63, 3.8) is 0 Å². The monoisotopic (exact) mass is 451 g/mol. The van der Waals surface area contributed by atoms with E-state index in [0.717, 1.165) is 41.0 Å². The van der Waals surface area contributed by atoms with Crippen LogP contribution in [-0.2, 0) is 9.59 Å². The smallest absolute Gasteiger partial charge is 0.242 e. The van der Waals surface area contributed by atoms with E-state index in [1.165, 1.54) is 24.6 Å². The molecule has 1 aromatic rings. The maximum atomic E-state index is 13.1. The van der Waals surface area contributed by atoms with E-state index >= 15 is 0 Å². The lowest BCUT2D eigenvalue weighted by molar-refractivity contribution is -0.129. The highest BCUT2D eigenvalue weighted by molar-refractivity contribution is 9.10. The molecule has 1 aliphatic heterocycles. The van der Waals surface area contributed by atoms with Crippen molar-refractivity contribution in [2.24, 2.45) is 4.99 Å². The molecule has 2 amide bonds. The van der Waals surface area contributed by atoms with Crippen LogP contribution in [0.5, 0.6) is 0 Å². The molecule has 0 radical (unpaired) electrons. The lowest BCUT2D eigenvalue weighted by Gasteiger charge is -2.26. The third-order valence-electron chi connectivity index (χ3n) is 4.95. The van der Waals surface area contributed by atoms with Crippen LogP contribution >= 0.6 is 27.7 Å². The third kappa shape index (κ3) is 5.35. The first-order valence-electron chi connectivity index (χ1n) is 9.68. The van der Waals surface area contributed by atoms with Gasteiger partial charge in [-0.15, -0.1) is 0 Å². The zero-order valence-electron chi connectivity index (χ0n) is 15.6. The number of thioether (sulfide) groups is 1. The molecule has 0 unspecified atom stereocenters. The zero-order chi connectivity index (χ0) is 19.2. The third-order valence-corrected chi connectivity index (χ3v) is 6.67. The molecule has 5 nitrogen and oxygen atoms in total. The van der Waals surface area contributed by atoms with Crippen molar-refractivity contribution in [1.29, 1.82) is 0 Å². The van der Waals surface area contributed by atoms with Crippen molar-refractivity contribution in [1.82, 2.24) is 4.90 Å². The largest absolute Gasteiger partial charge is 0.326 e. The van der Waals surface area contributed by atoms with Gasteiger partial charge in [0.2, 0.25) is 11.8 Å². The van der Waals surface area contributed by atoms with E-state index in [-0.39, 0.29) is 29.5 Å². The Kier molecular flexibility index (Phi) is 7.35. The Balaban J connectivity index is 1.66. The van der Waals surface area contributed by atoms with Gasteiger partial charge in [-0.1, -0.05) is 53.4 Å². The number of carbonyl (C=O) groups excluding carboxylic acids is 2. The van der Waals surface area contributed by atoms with Gasteiger partial charge in [0.05, 0.1) is 0 Å². The molecule has 1 heterocycles. The summed E-state index contributed by atoms with van der Waals surface area (Å²) in [4.78, 5) is 32.0. The average molecular weight is 452 g/mol. The van der Waals surface area contributed by atoms with E-state index in [1.807, 2.05) is 36.1 Å². The summed E-state index contributed by atoms with van der Waals surface area (Å²) in [6.45, 7) is 2.63. The molecular weight excluding hydrogens is 426 g/mol. The number of anilines is 1. The number of halogens is 1. The second-order valence-corrected chi connectivity index (χ2v) is 9.06. The van der Waals surface area contributed by atoms with Gasteiger partial charge in [-0.3, -0.25) is 19.5 Å². The molecule has 0 spiro atoms. The second-order valence-electron chi connectivity index (χ2n) is 6.98. The summed E-state index contributed by atoms with van der Waals surface area (Å²) in [5.74, 6) is -0.0909. The molecule has 1 saturated heterocycles. The van der Waals surface area contributed by atoms with Gasteiger partial charge in [0.1, 0.15) is 5.25 Å². The molecule has 146 valence electrons.